The van der Waals surface area contributed by atoms with Gasteiger partial charge in [0.05, 0.1) is 5.92 Å². The summed E-state index contributed by atoms with van der Waals surface area (Å²) < 4.78 is 0. The van der Waals surface area contributed by atoms with E-state index in [-0.39, 0.29) is 11.8 Å². The molecule has 0 aliphatic carbocycles. The third-order valence-corrected chi connectivity index (χ3v) is 2.46. The lowest BCUT2D eigenvalue weighted by Gasteiger charge is -2.27. The Balaban J connectivity index is 2.45. The van der Waals surface area contributed by atoms with Crippen molar-refractivity contribution >= 4 is 5.91 Å². The Labute approximate surface area is 71.4 Å². The average Bonchev–Trinajstić information content (AvgIpc) is 2.48. The minimum atomic E-state index is -0.00579. The van der Waals surface area contributed by atoms with Gasteiger partial charge in [0.1, 0.15) is 0 Å². The van der Waals surface area contributed by atoms with Gasteiger partial charge < -0.3 is 9.88 Å². The fourth-order valence-corrected chi connectivity index (χ4v) is 1.74. The van der Waals surface area contributed by atoms with Gasteiger partial charge in [0, 0.05) is 25.5 Å². The van der Waals surface area contributed by atoms with E-state index in [1.165, 1.54) is 5.56 Å². The Morgan fingerprint density at radius 2 is 2.42 bits per heavy atom. The van der Waals surface area contributed by atoms with E-state index in [1.54, 1.807) is 4.90 Å². The van der Waals surface area contributed by atoms with Crippen LogP contribution in [0.4, 0.5) is 0 Å². The molecule has 1 N–H and O–H groups in total. The summed E-state index contributed by atoms with van der Waals surface area (Å²) in [6, 6.07) is 2.04. The number of nitrogens with zero attached hydrogens (tertiary/aromatic N) is 1. The van der Waals surface area contributed by atoms with Crippen LogP contribution in [0.1, 0.15) is 24.1 Å². The van der Waals surface area contributed by atoms with Crippen LogP contribution in [0.3, 0.4) is 0 Å². The minimum Gasteiger partial charge on any atom is -0.364 e. The Hall–Kier alpha value is -1.25. The van der Waals surface area contributed by atoms with Crippen molar-refractivity contribution in [3.05, 3.63) is 23.5 Å². The van der Waals surface area contributed by atoms with Crippen molar-refractivity contribution in [3.63, 3.8) is 0 Å². The van der Waals surface area contributed by atoms with Crippen molar-refractivity contribution in [2.75, 3.05) is 7.05 Å². The van der Waals surface area contributed by atoms with Gasteiger partial charge in [0.25, 0.3) is 0 Å². The summed E-state index contributed by atoms with van der Waals surface area (Å²) >= 11 is 0. The molecule has 0 radical (unpaired) electrons. The first-order valence-electron chi connectivity index (χ1n) is 4.11. The van der Waals surface area contributed by atoms with Gasteiger partial charge in [-0.15, -0.1) is 0 Å². The second-order valence-electron chi connectivity index (χ2n) is 3.33. The topological polar surface area (TPSA) is 36.1 Å². The van der Waals surface area contributed by atoms with Gasteiger partial charge in [-0.25, -0.2) is 0 Å². The molecule has 1 aromatic rings. The Morgan fingerprint density at radius 3 is 3.17 bits per heavy atom. The molecule has 1 aliphatic heterocycles. The number of likely N-dealkylation sites (N-methyl/N-ethyl adjacent to an activating group) is 1. The Kier molecular flexibility index (Phi) is 1.46. The normalized spacial score (nSPS) is 22.7. The van der Waals surface area contributed by atoms with E-state index >= 15 is 0 Å². The Bertz CT molecular complexity index is 316. The van der Waals surface area contributed by atoms with Crippen molar-refractivity contribution in [2.24, 2.45) is 0 Å². The van der Waals surface area contributed by atoms with Gasteiger partial charge in [-0.2, -0.15) is 0 Å². The zero-order valence-corrected chi connectivity index (χ0v) is 7.29. The lowest BCUT2D eigenvalue weighted by Crippen LogP contribution is -2.34. The van der Waals surface area contributed by atoms with Crippen molar-refractivity contribution in [2.45, 2.75) is 19.4 Å². The van der Waals surface area contributed by atoms with Crippen LogP contribution in [-0.4, -0.2) is 22.8 Å². The fourth-order valence-electron chi connectivity index (χ4n) is 1.74. The van der Waals surface area contributed by atoms with Crippen molar-refractivity contribution in [3.8, 4) is 0 Å². The molecule has 12 heavy (non-hydrogen) atoms. The molecule has 1 atom stereocenters. The van der Waals surface area contributed by atoms with Gasteiger partial charge in [-0.3, -0.25) is 4.79 Å². The van der Waals surface area contributed by atoms with Crippen LogP contribution in [0.5, 0.6) is 0 Å². The van der Waals surface area contributed by atoms with Crippen molar-refractivity contribution in [1.82, 2.24) is 9.88 Å². The third kappa shape index (κ3) is 0.858. The Morgan fingerprint density at radius 1 is 1.67 bits per heavy atom. The number of hydrogen-bond donors (Lipinski definition) is 1. The molecule has 64 valence electrons. The predicted molar refractivity (Wildman–Crippen MR) is 45.7 cm³/mol. The molecule has 1 aromatic heterocycles. The molecule has 0 spiro atoms. The highest BCUT2D eigenvalue weighted by atomic mass is 16.2. The molecule has 2 rings (SSSR count). The first-order chi connectivity index (χ1) is 5.70. The van der Waals surface area contributed by atoms with E-state index in [0.29, 0.717) is 0 Å². The molecule has 2 heterocycles. The second-order valence-corrected chi connectivity index (χ2v) is 3.33. The number of aromatic amines is 1. The van der Waals surface area contributed by atoms with E-state index in [2.05, 4.69) is 4.98 Å². The maximum atomic E-state index is 11.5. The second kappa shape index (κ2) is 2.37. The van der Waals surface area contributed by atoms with Gasteiger partial charge in [-0.05, 0) is 18.6 Å². The number of aromatic nitrogens is 1. The first-order valence-corrected chi connectivity index (χ1v) is 4.11. The average molecular weight is 164 g/mol. The maximum Gasteiger partial charge on any atom is 0.231 e. The van der Waals surface area contributed by atoms with Crippen molar-refractivity contribution in [1.29, 1.82) is 0 Å². The van der Waals surface area contributed by atoms with Crippen LogP contribution in [0.2, 0.25) is 0 Å². The molecular weight excluding hydrogens is 152 g/mol. The molecule has 1 aliphatic rings. The largest absolute Gasteiger partial charge is 0.364 e. The number of amides is 1. The smallest absolute Gasteiger partial charge is 0.231 e. The highest BCUT2D eigenvalue weighted by molar-refractivity contribution is 5.84. The summed E-state index contributed by atoms with van der Waals surface area (Å²) in [5, 5.41) is 0. The summed E-state index contributed by atoms with van der Waals surface area (Å²) in [6.45, 7) is 2.68. The maximum absolute atomic E-state index is 11.5. The van der Waals surface area contributed by atoms with Crippen LogP contribution in [0.25, 0.3) is 0 Å². The van der Waals surface area contributed by atoms with Crippen molar-refractivity contribution < 1.29 is 4.79 Å². The lowest BCUT2D eigenvalue weighted by atomic mass is 9.98. The number of carbonyl (C=O) groups excluding carboxylic acids is 1. The zero-order valence-electron chi connectivity index (χ0n) is 7.29. The van der Waals surface area contributed by atoms with Crippen LogP contribution in [0, 0.1) is 0 Å². The SMILES string of the molecule is CC1C(=O)N(C)Cc2cc[nH]c21. The molecule has 0 saturated carbocycles. The predicted octanol–water partition coefficient (Wildman–Crippen LogP) is 1.09. The number of H-pyrrole nitrogens is 1. The van der Waals surface area contributed by atoms with Crippen LogP contribution in [-0.2, 0) is 11.3 Å². The van der Waals surface area contributed by atoms with E-state index in [1.807, 2.05) is 26.2 Å². The third-order valence-electron chi connectivity index (χ3n) is 2.46. The standard InChI is InChI=1S/C9H12N2O/c1-6-8-7(3-4-10-8)5-11(2)9(6)12/h3-4,6,10H,5H2,1-2H3. The zero-order chi connectivity index (χ0) is 8.72. The minimum absolute atomic E-state index is 0.00579. The summed E-state index contributed by atoms with van der Waals surface area (Å²) in [5.74, 6) is 0.193. The monoisotopic (exact) mass is 164 g/mol. The molecule has 3 heteroatoms. The molecule has 1 amide bonds. The summed E-state index contributed by atoms with van der Waals surface area (Å²) in [5.41, 5.74) is 2.32. The summed E-state index contributed by atoms with van der Waals surface area (Å²) in [6.07, 6.45) is 1.90. The van der Waals surface area contributed by atoms with Gasteiger partial charge in [-0.1, -0.05) is 0 Å². The summed E-state index contributed by atoms with van der Waals surface area (Å²) in [4.78, 5) is 16.4. The molecular formula is C9H12N2O. The van der Waals surface area contributed by atoms with Gasteiger partial charge >= 0.3 is 0 Å². The molecule has 1 unspecified atom stereocenters. The van der Waals surface area contributed by atoms with E-state index in [4.69, 9.17) is 0 Å². The van der Waals surface area contributed by atoms with Crippen LogP contribution < -0.4 is 0 Å². The van der Waals surface area contributed by atoms with E-state index in [0.717, 1.165) is 12.2 Å². The highest BCUT2D eigenvalue weighted by Gasteiger charge is 2.27. The van der Waals surface area contributed by atoms with Crippen LogP contribution >= 0.6 is 0 Å². The first kappa shape index (κ1) is 7.40. The van der Waals surface area contributed by atoms with Gasteiger partial charge in [0.15, 0.2) is 0 Å². The molecule has 0 fully saturated rings. The highest BCUT2D eigenvalue weighted by Crippen LogP contribution is 2.26. The quantitative estimate of drug-likeness (QED) is 0.612. The number of rotatable bonds is 0. The number of carbonyl (C=O) groups is 1. The molecule has 0 aromatic carbocycles. The number of hydrogen-bond acceptors (Lipinski definition) is 1. The van der Waals surface area contributed by atoms with Gasteiger partial charge in [0.2, 0.25) is 5.91 Å². The summed E-state index contributed by atoms with van der Waals surface area (Å²) in [7, 11) is 1.84. The fraction of sp³-hybridized carbons (Fsp3) is 0.444. The number of nitrogens with one attached hydrogen (secondary N) is 1. The molecule has 0 saturated heterocycles. The van der Waals surface area contributed by atoms with Crippen LogP contribution in [0.15, 0.2) is 12.3 Å². The molecule has 0 bridgehead atoms. The van der Waals surface area contributed by atoms with E-state index in [9.17, 15) is 4.79 Å². The molecule has 3 nitrogen and oxygen atoms in total. The number of fused-ring (bicyclic) bond motifs is 1. The lowest BCUT2D eigenvalue weighted by molar-refractivity contribution is -0.132. The van der Waals surface area contributed by atoms with E-state index < -0.39 is 0 Å².